The fourth-order valence-corrected chi connectivity index (χ4v) is 4.34. The van der Waals surface area contributed by atoms with Gasteiger partial charge in [-0.25, -0.2) is 13.1 Å². The van der Waals surface area contributed by atoms with Gasteiger partial charge in [0.05, 0.1) is 12.0 Å². The fourth-order valence-electron chi connectivity index (χ4n) is 3.17. The van der Waals surface area contributed by atoms with Crippen LogP contribution in [-0.2, 0) is 22.0 Å². The highest BCUT2D eigenvalue weighted by atomic mass is 32.2. The van der Waals surface area contributed by atoms with Crippen molar-refractivity contribution in [2.45, 2.75) is 30.3 Å². The van der Waals surface area contributed by atoms with Gasteiger partial charge in [-0.1, -0.05) is 24.3 Å². The van der Waals surface area contributed by atoms with Gasteiger partial charge in [0.2, 0.25) is 10.0 Å². The van der Waals surface area contributed by atoms with E-state index in [1.165, 1.54) is 6.07 Å². The molecule has 1 unspecified atom stereocenters. The van der Waals surface area contributed by atoms with Gasteiger partial charge >= 0.3 is 0 Å². The van der Waals surface area contributed by atoms with Crippen molar-refractivity contribution in [3.63, 3.8) is 0 Å². The maximum Gasteiger partial charge on any atom is 0.240 e. The number of ether oxygens (including phenoxy) is 1. The molecule has 0 heterocycles. The second-order valence-corrected chi connectivity index (χ2v) is 7.91. The molecule has 2 N–H and O–H groups in total. The van der Waals surface area contributed by atoms with Crippen LogP contribution in [-0.4, -0.2) is 27.2 Å². The number of benzene rings is 2. The molecule has 0 amide bonds. The zero-order chi connectivity index (χ0) is 17.4. The molecule has 5 nitrogen and oxygen atoms in total. The Morgan fingerprint density at radius 1 is 1.25 bits per heavy atom. The molecule has 0 aromatic heterocycles. The van der Waals surface area contributed by atoms with Crippen LogP contribution in [0.1, 0.15) is 23.1 Å². The van der Waals surface area contributed by atoms with Gasteiger partial charge in [0.25, 0.3) is 0 Å². The molecule has 0 aliphatic heterocycles. The Balaban J connectivity index is 1.80. The summed E-state index contributed by atoms with van der Waals surface area (Å²) in [7, 11) is -2.16. The molecule has 2 aromatic carbocycles. The molecule has 0 radical (unpaired) electrons. The first-order valence-corrected chi connectivity index (χ1v) is 9.29. The molecule has 24 heavy (non-hydrogen) atoms. The first-order chi connectivity index (χ1) is 11.4. The molecule has 128 valence electrons. The monoisotopic (exact) mass is 347 g/mol. The van der Waals surface area contributed by atoms with Gasteiger partial charge in [0.15, 0.2) is 0 Å². The first kappa shape index (κ1) is 17.0. The minimum atomic E-state index is -3.70. The lowest BCUT2D eigenvalue weighted by atomic mass is 9.96. The molecule has 0 saturated carbocycles. The first-order valence-electron chi connectivity index (χ1n) is 7.81. The van der Waals surface area contributed by atoms with Crippen LogP contribution in [0.15, 0.2) is 47.4 Å². The summed E-state index contributed by atoms with van der Waals surface area (Å²) >= 11 is 0. The van der Waals surface area contributed by atoms with E-state index in [4.69, 9.17) is 4.74 Å². The van der Waals surface area contributed by atoms with E-state index in [1.807, 2.05) is 24.3 Å². The van der Waals surface area contributed by atoms with E-state index in [-0.39, 0.29) is 11.4 Å². The van der Waals surface area contributed by atoms with Crippen LogP contribution in [0.5, 0.6) is 5.75 Å². The Hall–Kier alpha value is -1.89. The number of hydrogen-bond acceptors (Lipinski definition) is 4. The smallest absolute Gasteiger partial charge is 0.240 e. The highest BCUT2D eigenvalue weighted by molar-refractivity contribution is 7.89. The number of hydrogen-bond donors (Lipinski definition) is 2. The highest BCUT2D eigenvalue weighted by Crippen LogP contribution is 2.36. The van der Waals surface area contributed by atoms with E-state index >= 15 is 0 Å². The van der Waals surface area contributed by atoms with Gasteiger partial charge in [-0.2, -0.15) is 0 Å². The SMILES string of the molecule is COc1ccc(S(=O)(=O)NCC2(O)CCc3ccccc32)cc1C. The third-order valence-corrected chi connectivity index (χ3v) is 5.96. The van der Waals surface area contributed by atoms with Crippen molar-refractivity contribution in [1.82, 2.24) is 4.72 Å². The Morgan fingerprint density at radius 2 is 2.00 bits per heavy atom. The second-order valence-electron chi connectivity index (χ2n) is 6.14. The molecule has 3 rings (SSSR count). The largest absolute Gasteiger partial charge is 0.496 e. The van der Waals surface area contributed by atoms with Crippen molar-refractivity contribution in [2.75, 3.05) is 13.7 Å². The summed E-state index contributed by atoms with van der Waals surface area (Å²) in [5.74, 6) is 0.636. The standard InChI is InChI=1S/C18H21NO4S/c1-13-11-15(7-8-17(13)23-2)24(21,22)19-12-18(20)10-9-14-5-3-4-6-16(14)18/h3-8,11,19-20H,9-10,12H2,1-2H3. The lowest BCUT2D eigenvalue weighted by molar-refractivity contribution is 0.0442. The average molecular weight is 347 g/mol. The van der Waals surface area contributed by atoms with Crippen molar-refractivity contribution < 1.29 is 18.3 Å². The minimum Gasteiger partial charge on any atom is -0.496 e. The number of aryl methyl sites for hydroxylation is 2. The van der Waals surface area contributed by atoms with Gasteiger partial charge in [0.1, 0.15) is 11.4 Å². The third-order valence-electron chi connectivity index (χ3n) is 4.56. The summed E-state index contributed by atoms with van der Waals surface area (Å²) in [5.41, 5.74) is 1.45. The van der Waals surface area contributed by atoms with Crippen LogP contribution < -0.4 is 9.46 Å². The van der Waals surface area contributed by atoms with E-state index in [1.54, 1.807) is 26.2 Å². The van der Waals surface area contributed by atoms with E-state index in [0.717, 1.165) is 23.1 Å². The number of nitrogens with one attached hydrogen (secondary N) is 1. The Kier molecular flexibility index (Phi) is 4.38. The Labute approximate surface area is 142 Å². The zero-order valence-electron chi connectivity index (χ0n) is 13.7. The number of sulfonamides is 1. The van der Waals surface area contributed by atoms with Crippen LogP contribution in [0.3, 0.4) is 0 Å². The van der Waals surface area contributed by atoms with E-state index in [0.29, 0.717) is 12.2 Å². The molecule has 0 bridgehead atoms. The van der Waals surface area contributed by atoms with Crippen molar-refractivity contribution in [1.29, 1.82) is 0 Å². The quantitative estimate of drug-likeness (QED) is 0.869. The van der Waals surface area contributed by atoms with Crippen molar-refractivity contribution in [3.05, 3.63) is 59.2 Å². The van der Waals surface area contributed by atoms with Gasteiger partial charge in [-0.15, -0.1) is 0 Å². The van der Waals surface area contributed by atoms with Crippen LogP contribution >= 0.6 is 0 Å². The molecule has 6 heteroatoms. The van der Waals surface area contributed by atoms with E-state index < -0.39 is 15.6 Å². The summed E-state index contributed by atoms with van der Waals surface area (Å²) < 4.78 is 32.8. The third kappa shape index (κ3) is 3.05. The molecule has 1 atom stereocenters. The molecule has 2 aromatic rings. The predicted octanol–water partition coefficient (Wildman–Crippen LogP) is 2.12. The van der Waals surface area contributed by atoms with E-state index in [9.17, 15) is 13.5 Å². The van der Waals surface area contributed by atoms with Crippen molar-refractivity contribution in [2.24, 2.45) is 0 Å². The lowest BCUT2D eigenvalue weighted by Gasteiger charge is -2.24. The number of rotatable bonds is 5. The maximum atomic E-state index is 12.5. The fraction of sp³-hybridized carbons (Fsp3) is 0.333. The summed E-state index contributed by atoms with van der Waals surface area (Å²) in [6.07, 6.45) is 1.26. The average Bonchev–Trinajstić information content (AvgIpc) is 2.91. The molecule has 0 saturated heterocycles. The topological polar surface area (TPSA) is 75.6 Å². The van der Waals surface area contributed by atoms with E-state index in [2.05, 4.69) is 4.72 Å². The summed E-state index contributed by atoms with van der Waals surface area (Å²) in [6.45, 7) is 1.75. The molecule has 1 aliphatic rings. The maximum absolute atomic E-state index is 12.5. The van der Waals surface area contributed by atoms with Crippen molar-refractivity contribution in [3.8, 4) is 5.75 Å². The zero-order valence-corrected chi connectivity index (χ0v) is 14.6. The van der Waals surface area contributed by atoms with Gasteiger partial charge in [-0.05, 0) is 54.7 Å². The summed E-state index contributed by atoms with van der Waals surface area (Å²) in [4.78, 5) is 0.163. The molecular weight excluding hydrogens is 326 g/mol. The van der Waals surface area contributed by atoms with Crippen LogP contribution in [0.2, 0.25) is 0 Å². The van der Waals surface area contributed by atoms with Gasteiger partial charge in [-0.3, -0.25) is 0 Å². The summed E-state index contributed by atoms with van der Waals surface area (Å²) in [5, 5.41) is 10.8. The molecular formula is C18H21NO4S. The molecule has 0 fully saturated rings. The van der Waals surface area contributed by atoms with Crippen LogP contribution in [0.4, 0.5) is 0 Å². The highest BCUT2D eigenvalue weighted by Gasteiger charge is 2.37. The predicted molar refractivity (Wildman–Crippen MR) is 91.6 cm³/mol. The normalized spacial score (nSPS) is 20.0. The lowest BCUT2D eigenvalue weighted by Crippen LogP contribution is -2.39. The minimum absolute atomic E-state index is 0.0442. The number of methoxy groups -OCH3 is 1. The van der Waals surface area contributed by atoms with Crippen LogP contribution in [0.25, 0.3) is 0 Å². The Bertz CT molecular complexity index is 863. The summed E-state index contributed by atoms with van der Waals surface area (Å²) in [6, 6.07) is 12.3. The number of aliphatic hydroxyl groups is 1. The van der Waals surface area contributed by atoms with Crippen LogP contribution in [0, 0.1) is 6.92 Å². The molecule has 0 spiro atoms. The number of fused-ring (bicyclic) bond motifs is 1. The molecule has 1 aliphatic carbocycles. The van der Waals surface area contributed by atoms with Crippen molar-refractivity contribution >= 4 is 10.0 Å². The van der Waals surface area contributed by atoms with Gasteiger partial charge < -0.3 is 9.84 Å². The Morgan fingerprint density at radius 3 is 2.71 bits per heavy atom. The second kappa shape index (κ2) is 6.20. The van der Waals surface area contributed by atoms with Gasteiger partial charge in [0, 0.05) is 6.54 Å².